The Balaban J connectivity index is 2.00. The summed E-state index contributed by atoms with van der Waals surface area (Å²) in [7, 11) is -2.50. The predicted octanol–water partition coefficient (Wildman–Crippen LogP) is 3.20. The standard InChI is InChI=1S/C19H21ClFN7O4S/c1-19(2,26-18(29)32-3)25-17-22-6-5-13(24-17)12-9-23-27-16(12)11-7-10(20)8-14(15(11)21)28-33(4,30)31/h5-9,28H,1-4H3,(H,23,27)(H,26,29)(H,22,24,25). The fourth-order valence-corrected chi connectivity index (χ4v) is 3.68. The number of H-pyrrole nitrogens is 1. The lowest BCUT2D eigenvalue weighted by atomic mass is 10.0. The van der Waals surface area contributed by atoms with Crippen molar-refractivity contribution in [3.05, 3.63) is 41.4 Å². The lowest BCUT2D eigenvalue weighted by Gasteiger charge is -2.26. The summed E-state index contributed by atoms with van der Waals surface area (Å²) >= 11 is 6.10. The van der Waals surface area contributed by atoms with Gasteiger partial charge in [-0.15, -0.1) is 0 Å². The first kappa shape index (κ1) is 24.2. The molecule has 2 aromatic heterocycles. The van der Waals surface area contributed by atoms with E-state index in [1.54, 1.807) is 19.9 Å². The number of anilines is 2. The average Bonchev–Trinajstić information content (AvgIpc) is 3.18. The van der Waals surface area contributed by atoms with E-state index in [4.69, 9.17) is 11.6 Å². The normalized spacial score (nSPS) is 11.7. The summed E-state index contributed by atoms with van der Waals surface area (Å²) in [5, 5.41) is 12.3. The van der Waals surface area contributed by atoms with Gasteiger partial charge < -0.3 is 10.1 Å². The van der Waals surface area contributed by atoms with Gasteiger partial charge in [0.25, 0.3) is 0 Å². The third kappa shape index (κ3) is 6.08. The van der Waals surface area contributed by atoms with Gasteiger partial charge in [-0.05, 0) is 32.0 Å². The Morgan fingerprint density at radius 3 is 2.67 bits per heavy atom. The fraction of sp³-hybridized carbons (Fsp3) is 0.263. The lowest BCUT2D eigenvalue weighted by molar-refractivity contribution is 0.162. The first-order chi connectivity index (χ1) is 15.4. The van der Waals surface area contributed by atoms with Gasteiger partial charge in [0.05, 0.1) is 36.6 Å². The van der Waals surface area contributed by atoms with Crippen molar-refractivity contribution in [2.75, 3.05) is 23.4 Å². The first-order valence-electron chi connectivity index (χ1n) is 9.37. The van der Waals surface area contributed by atoms with Crippen LogP contribution in [-0.2, 0) is 14.8 Å². The minimum Gasteiger partial charge on any atom is -0.453 e. The van der Waals surface area contributed by atoms with E-state index < -0.39 is 27.6 Å². The Labute approximate surface area is 194 Å². The number of methoxy groups -OCH3 is 1. The van der Waals surface area contributed by atoms with E-state index in [9.17, 15) is 13.2 Å². The number of nitrogens with one attached hydrogen (secondary N) is 4. The zero-order chi connectivity index (χ0) is 24.4. The van der Waals surface area contributed by atoms with Crippen LogP contribution in [0.3, 0.4) is 0 Å². The van der Waals surface area contributed by atoms with Gasteiger partial charge in [-0.25, -0.2) is 27.6 Å². The Hall–Kier alpha value is -3.45. The fourth-order valence-electron chi connectivity index (χ4n) is 2.92. The van der Waals surface area contributed by atoms with Crippen LogP contribution in [-0.4, -0.2) is 53.7 Å². The molecule has 33 heavy (non-hydrogen) atoms. The van der Waals surface area contributed by atoms with Crippen LogP contribution in [0.15, 0.2) is 30.6 Å². The van der Waals surface area contributed by atoms with Crippen molar-refractivity contribution in [3.8, 4) is 22.5 Å². The number of carbonyl (C=O) groups is 1. The van der Waals surface area contributed by atoms with Gasteiger partial charge in [-0.3, -0.25) is 15.1 Å². The van der Waals surface area contributed by atoms with Crippen molar-refractivity contribution in [1.82, 2.24) is 25.5 Å². The number of sulfonamides is 1. The van der Waals surface area contributed by atoms with Crippen LogP contribution in [0, 0.1) is 5.82 Å². The molecule has 0 atom stereocenters. The Bertz CT molecular complexity index is 1300. The van der Waals surface area contributed by atoms with Crippen molar-refractivity contribution < 1.29 is 22.3 Å². The van der Waals surface area contributed by atoms with E-state index in [0.717, 1.165) is 6.26 Å². The number of halogens is 2. The molecule has 0 saturated heterocycles. The molecule has 3 rings (SSSR count). The molecule has 11 nitrogen and oxygen atoms in total. The average molecular weight is 498 g/mol. The third-order valence-electron chi connectivity index (χ3n) is 4.20. The minimum atomic E-state index is -3.74. The van der Waals surface area contributed by atoms with Crippen molar-refractivity contribution >= 4 is 39.4 Å². The van der Waals surface area contributed by atoms with Crippen LogP contribution in [0.1, 0.15) is 13.8 Å². The predicted molar refractivity (Wildman–Crippen MR) is 122 cm³/mol. The third-order valence-corrected chi connectivity index (χ3v) is 5.01. The number of nitrogens with zero attached hydrogens (tertiary/aromatic N) is 3. The number of benzene rings is 1. The smallest absolute Gasteiger partial charge is 0.408 e. The first-order valence-corrected chi connectivity index (χ1v) is 11.6. The number of carbonyl (C=O) groups excluding carboxylic acids is 1. The Morgan fingerprint density at radius 1 is 1.27 bits per heavy atom. The summed E-state index contributed by atoms with van der Waals surface area (Å²) in [6.07, 6.45) is 3.17. The second-order valence-electron chi connectivity index (χ2n) is 7.48. The van der Waals surface area contributed by atoms with E-state index in [1.807, 2.05) is 0 Å². The van der Waals surface area contributed by atoms with Gasteiger partial charge in [0.1, 0.15) is 5.66 Å². The molecule has 0 radical (unpaired) electrons. The number of ether oxygens (including phenoxy) is 1. The molecule has 14 heteroatoms. The molecule has 0 bridgehead atoms. The van der Waals surface area contributed by atoms with Crippen molar-refractivity contribution in [3.63, 3.8) is 0 Å². The molecule has 0 unspecified atom stereocenters. The number of hydrogen-bond donors (Lipinski definition) is 4. The molecule has 0 fully saturated rings. The zero-order valence-corrected chi connectivity index (χ0v) is 19.6. The second kappa shape index (κ2) is 9.19. The van der Waals surface area contributed by atoms with Gasteiger partial charge in [-0.1, -0.05) is 11.6 Å². The number of aromatic amines is 1. The van der Waals surface area contributed by atoms with Gasteiger partial charge in [-0.2, -0.15) is 5.10 Å². The van der Waals surface area contributed by atoms with Crippen LogP contribution in [0.25, 0.3) is 22.5 Å². The van der Waals surface area contributed by atoms with Gasteiger partial charge in [0.2, 0.25) is 16.0 Å². The number of hydrogen-bond acceptors (Lipinski definition) is 8. The number of amides is 1. The number of alkyl carbamates (subject to hydrolysis) is 1. The van der Waals surface area contributed by atoms with Crippen LogP contribution in [0.4, 0.5) is 20.8 Å². The molecule has 0 aliphatic rings. The van der Waals surface area contributed by atoms with Crippen molar-refractivity contribution in [1.29, 1.82) is 0 Å². The maximum Gasteiger partial charge on any atom is 0.408 e. The maximum absolute atomic E-state index is 15.2. The molecule has 0 aliphatic heterocycles. The Morgan fingerprint density at radius 2 is 2.00 bits per heavy atom. The molecule has 1 aromatic carbocycles. The molecule has 0 aliphatic carbocycles. The maximum atomic E-state index is 15.2. The SMILES string of the molecule is COC(=O)NC(C)(C)Nc1nccc(-c2cn[nH]c2-c2cc(Cl)cc(NS(C)(=O)=O)c2F)n1. The van der Waals surface area contributed by atoms with E-state index in [0.29, 0.717) is 11.3 Å². The van der Waals surface area contributed by atoms with E-state index in [2.05, 4.69) is 40.3 Å². The summed E-state index contributed by atoms with van der Waals surface area (Å²) in [5.41, 5.74) is -0.255. The summed E-state index contributed by atoms with van der Waals surface area (Å²) in [5.74, 6) is -0.668. The largest absolute Gasteiger partial charge is 0.453 e. The van der Waals surface area contributed by atoms with Crippen molar-refractivity contribution in [2.24, 2.45) is 0 Å². The van der Waals surface area contributed by atoms with E-state index >= 15 is 4.39 Å². The topological polar surface area (TPSA) is 151 Å². The highest BCUT2D eigenvalue weighted by molar-refractivity contribution is 7.92. The molecule has 0 saturated carbocycles. The highest BCUT2D eigenvalue weighted by atomic mass is 35.5. The van der Waals surface area contributed by atoms with Gasteiger partial charge in [0, 0.05) is 22.3 Å². The molecule has 1 amide bonds. The molecule has 0 spiro atoms. The number of rotatable bonds is 7. The number of aromatic nitrogens is 4. The molecule has 176 valence electrons. The summed E-state index contributed by atoms with van der Waals surface area (Å²) in [6, 6.07) is 4.09. The minimum absolute atomic E-state index is 0.0121. The van der Waals surface area contributed by atoms with Gasteiger partial charge >= 0.3 is 6.09 Å². The van der Waals surface area contributed by atoms with Crippen LogP contribution in [0.2, 0.25) is 5.02 Å². The quantitative estimate of drug-likeness (QED) is 0.363. The molecular formula is C19H21ClFN7O4S. The van der Waals surface area contributed by atoms with Crippen LogP contribution >= 0.6 is 11.6 Å². The monoisotopic (exact) mass is 497 g/mol. The Kier molecular flexibility index (Phi) is 6.74. The molecule has 3 aromatic rings. The molecule has 4 N–H and O–H groups in total. The molecule has 2 heterocycles. The summed E-state index contributed by atoms with van der Waals surface area (Å²) in [6.45, 7) is 3.36. The summed E-state index contributed by atoms with van der Waals surface area (Å²) < 4.78 is 45.1. The van der Waals surface area contributed by atoms with Crippen LogP contribution in [0.5, 0.6) is 0 Å². The van der Waals surface area contributed by atoms with Crippen molar-refractivity contribution in [2.45, 2.75) is 19.5 Å². The summed E-state index contributed by atoms with van der Waals surface area (Å²) in [4.78, 5) is 20.1. The van der Waals surface area contributed by atoms with Crippen LogP contribution < -0.4 is 15.4 Å². The van der Waals surface area contributed by atoms with Gasteiger partial charge in [0.15, 0.2) is 5.82 Å². The highest BCUT2D eigenvalue weighted by Gasteiger charge is 2.23. The van der Waals surface area contributed by atoms with E-state index in [1.165, 1.54) is 31.6 Å². The van der Waals surface area contributed by atoms with E-state index in [-0.39, 0.29) is 27.9 Å². The lowest BCUT2D eigenvalue weighted by Crippen LogP contribution is -2.49. The highest BCUT2D eigenvalue weighted by Crippen LogP contribution is 2.36. The second-order valence-corrected chi connectivity index (χ2v) is 9.66. The molecular weight excluding hydrogens is 477 g/mol. The zero-order valence-electron chi connectivity index (χ0n) is 18.0.